The third kappa shape index (κ3) is 9.63. The highest BCUT2D eigenvalue weighted by Gasteiger charge is 2.31. The second-order valence-electron chi connectivity index (χ2n) is 10.6. The Morgan fingerprint density at radius 2 is 1.37 bits per heavy atom. The highest BCUT2D eigenvalue weighted by Crippen LogP contribution is 2.44. The Labute approximate surface area is 254 Å². The van der Waals surface area contributed by atoms with Crippen LogP contribution < -0.4 is 16.0 Å². The zero-order valence-corrected chi connectivity index (χ0v) is 25.6. The van der Waals surface area contributed by atoms with Gasteiger partial charge in [0, 0.05) is 17.4 Å². The summed E-state index contributed by atoms with van der Waals surface area (Å²) >= 11 is 1.09. The van der Waals surface area contributed by atoms with Crippen LogP contribution in [0.2, 0.25) is 0 Å². The molecule has 0 spiro atoms. The van der Waals surface area contributed by atoms with Gasteiger partial charge in [0.15, 0.2) is 0 Å². The van der Waals surface area contributed by atoms with Crippen molar-refractivity contribution in [1.29, 1.82) is 0 Å². The Balaban J connectivity index is 1.64. The van der Waals surface area contributed by atoms with Crippen molar-refractivity contribution in [2.45, 2.75) is 44.4 Å². The molecule has 3 N–H and O–H groups in total. The number of carbonyl (C=O) groups excluding carboxylic acids is 5. The molecule has 2 aromatic carbocycles. The van der Waals surface area contributed by atoms with Crippen molar-refractivity contribution in [2.24, 2.45) is 0 Å². The van der Waals surface area contributed by atoms with Crippen LogP contribution in [-0.4, -0.2) is 86.6 Å². The second-order valence-corrected chi connectivity index (χ2v) is 11.7. The zero-order chi connectivity index (χ0) is 31.6. The van der Waals surface area contributed by atoms with Crippen LogP contribution in [0.3, 0.4) is 0 Å². The van der Waals surface area contributed by atoms with Gasteiger partial charge >= 0.3 is 24.1 Å². The van der Waals surface area contributed by atoms with E-state index in [0.29, 0.717) is 0 Å². The molecule has 0 heterocycles. The number of thioether (sulfide) groups is 1. The van der Waals surface area contributed by atoms with E-state index in [2.05, 4.69) is 20.7 Å². The summed E-state index contributed by atoms with van der Waals surface area (Å²) in [5, 5.41) is 7.41. The lowest BCUT2D eigenvalue weighted by Gasteiger charge is -2.23. The molecule has 3 rings (SSSR count). The number of ether oxygens (including phenoxy) is 4. The number of alkyl carbamates (subject to hydrolysis) is 2. The van der Waals surface area contributed by atoms with E-state index in [0.717, 1.165) is 34.0 Å². The Bertz CT molecular complexity index is 1280. The summed E-state index contributed by atoms with van der Waals surface area (Å²) in [7, 11) is 2.36. The monoisotopic (exact) mass is 615 g/mol. The highest BCUT2D eigenvalue weighted by atomic mass is 32.2. The van der Waals surface area contributed by atoms with Crippen molar-refractivity contribution in [3.63, 3.8) is 0 Å². The first-order valence-corrected chi connectivity index (χ1v) is 14.7. The van der Waals surface area contributed by atoms with Crippen molar-refractivity contribution in [3.05, 3.63) is 59.7 Å². The molecule has 1 aliphatic rings. The van der Waals surface area contributed by atoms with Crippen molar-refractivity contribution in [3.8, 4) is 11.1 Å². The van der Waals surface area contributed by atoms with Gasteiger partial charge in [-0.2, -0.15) is 11.8 Å². The van der Waals surface area contributed by atoms with Gasteiger partial charge in [-0.25, -0.2) is 14.4 Å². The predicted molar refractivity (Wildman–Crippen MR) is 160 cm³/mol. The van der Waals surface area contributed by atoms with E-state index in [1.807, 2.05) is 48.5 Å². The summed E-state index contributed by atoms with van der Waals surface area (Å²) in [6.45, 7) is 4.67. The summed E-state index contributed by atoms with van der Waals surface area (Å²) in [5.74, 6) is -2.26. The molecule has 0 unspecified atom stereocenters. The molecule has 3 amide bonds. The van der Waals surface area contributed by atoms with E-state index in [1.54, 1.807) is 20.8 Å². The minimum absolute atomic E-state index is 0.000925. The maximum Gasteiger partial charge on any atom is 0.408 e. The first kappa shape index (κ1) is 33.2. The number of carbonyl (C=O) groups is 5. The number of fused-ring (bicyclic) bond motifs is 3. The van der Waals surface area contributed by atoms with Gasteiger partial charge in [-0.05, 0) is 43.0 Å². The third-order valence-corrected chi connectivity index (χ3v) is 7.47. The van der Waals surface area contributed by atoms with Crippen LogP contribution >= 0.6 is 11.8 Å². The van der Waals surface area contributed by atoms with Crippen LogP contribution in [0.25, 0.3) is 11.1 Å². The fourth-order valence-corrected chi connectivity index (χ4v) is 5.45. The molecule has 0 aromatic heterocycles. The van der Waals surface area contributed by atoms with Gasteiger partial charge in [-0.15, -0.1) is 0 Å². The first-order valence-electron chi connectivity index (χ1n) is 13.5. The number of methoxy groups -OCH3 is 2. The molecule has 0 bridgehead atoms. The number of hydrogen-bond acceptors (Lipinski definition) is 10. The number of hydrogen-bond donors (Lipinski definition) is 3. The van der Waals surface area contributed by atoms with Crippen LogP contribution in [0.15, 0.2) is 48.5 Å². The fraction of sp³-hybridized carbons (Fsp3) is 0.433. The van der Waals surface area contributed by atoms with Gasteiger partial charge in [-0.3, -0.25) is 9.59 Å². The van der Waals surface area contributed by atoms with Gasteiger partial charge in [-0.1, -0.05) is 48.5 Å². The summed E-state index contributed by atoms with van der Waals surface area (Å²) < 4.78 is 20.1. The van der Waals surface area contributed by atoms with E-state index >= 15 is 0 Å². The average Bonchev–Trinajstić information content (AvgIpc) is 3.29. The molecule has 1 aliphatic carbocycles. The summed E-state index contributed by atoms with van der Waals surface area (Å²) in [4.78, 5) is 61.9. The maximum atomic E-state index is 12.9. The molecule has 12 nitrogen and oxygen atoms in total. The number of amides is 3. The van der Waals surface area contributed by atoms with Gasteiger partial charge in [0.2, 0.25) is 5.91 Å². The fourth-order valence-electron chi connectivity index (χ4n) is 4.38. The highest BCUT2D eigenvalue weighted by molar-refractivity contribution is 7.99. The number of esters is 2. The maximum absolute atomic E-state index is 12.9. The topological polar surface area (TPSA) is 158 Å². The van der Waals surface area contributed by atoms with E-state index < -0.39 is 54.3 Å². The molecule has 0 saturated heterocycles. The average molecular weight is 616 g/mol. The summed E-state index contributed by atoms with van der Waals surface area (Å²) in [5.41, 5.74) is 3.43. The van der Waals surface area contributed by atoms with Crippen LogP contribution in [0.1, 0.15) is 37.8 Å². The lowest BCUT2D eigenvalue weighted by Crippen LogP contribution is -2.50. The number of rotatable bonds is 12. The van der Waals surface area contributed by atoms with Gasteiger partial charge < -0.3 is 34.9 Å². The number of benzene rings is 2. The molecule has 0 saturated carbocycles. The SMILES string of the molecule is COC(=O)CNC(=O)[C@@H](CSC[C@H](NC(=O)OC(C)(C)C)C(=O)OC)NC(=O)OCC1c2ccccc2-c2ccccc21. The van der Waals surface area contributed by atoms with Gasteiger partial charge in [0.05, 0.1) is 14.2 Å². The van der Waals surface area contributed by atoms with Crippen LogP contribution in [0, 0.1) is 0 Å². The summed E-state index contributed by atoms with van der Waals surface area (Å²) in [6.07, 6.45) is -1.65. The van der Waals surface area contributed by atoms with Crippen LogP contribution in [-0.2, 0) is 33.3 Å². The van der Waals surface area contributed by atoms with E-state index in [9.17, 15) is 24.0 Å². The second kappa shape index (κ2) is 15.3. The van der Waals surface area contributed by atoms with Crippen LogP contribution in [0.5, 0.6) is 0 Å². The largest absolute Gasteiger partial charge is 0.468 e. The van der Waals surface area contributed by atoms with Crippen molar-refractivity contribution < 1.29 is 42.9 Å². The molecule has 2 atom stereocenters. The quantitative estimate of drug-likeness (QED) is 0.239. The van der Waals surface area contributed by atoms with E-state index in [-0.39, 0.29) is 24.0 Å². The predicted octanol–water partition coefficient (Wildman–Crippen LogP) is 2.98. The Hall–Kier alpha value is -4.26. The standard InChI is InChI=1S/C30H37N3O9S/c1-30(2,3)42-29(38)33-24(27(36)40-5)17-43-16-23(26(35)31-14-25(34)39-4)32-28(37)41-15-22-20-12-8-6-10-18(20)19-11-7-9-13-21(19)22/h6-13,22-24H,14-17H2,1-5H3,(H,31,35)(H,32,37)(H,33,38)/t23-,24+/m1/s1. The minimum atomic E-state index is -1.15. The Kier molecular flexibility index (Phi) is 11.8. The summed E-state index contributed by atoms with van der Waals surface area (Å²) in [6, 6.07) is 13.5. The zero-order valence-electron chi connectivity index (χ0n) is 24.8. The molecular weight excluding hydrogens is 578 g/mol. The van der Waals surface area contributed by atoms with Gasteiger partial charge in [0.25, 0.3) is 0 Å². The lowest BCUT2D eigenvalue weighted by atomic mass is 9.98. The Morgan fingerprint density at radius 3 is 1.93 bits per heavy atom. The molecule has 0 fully saturated rings. The van der Waals surface area contributed by atoms with E-state index in [4.69, 9.17) is 14.2 Å². The first-order chi connectivity index (χ1) is 20.4. The smallest absolute Gasteiger partial charge is 0.408 e. The van der Waals surface area contributed by atoms with E-state index in [1.165, 1.54) is 14.2 Å². The van der Waals surface area contributed by atoms with Crippen molar-refractivity contribution >= 4 is 41.8 Å². The molecule has 232 valence electrons. The Morgan fingerprint density at radius 1 is 0.814 bits per heavy atom. The number of nitrogens with one attached hydrogen (secondary N) is 3. The molecular formula is C30H37N3O9S. The van der Waals surface area contributed by atoms with Gasteiger partial charge in [0.1, 0.15) is 30.8 Å². The normalized spacial score (nSPS) is 13.4. The molecule has 13 heteroatoms. The lowest BCUT2D eigenvalue weighted by molar-refractivity contribution is -0.142. The molecule has 0 aliphatic heterocycles. The van der Waals surface area contributed by atoms with Crippen molar-refractivity contribution in [2.75, 3.05) is 38.9 Å². The molecule has 43 heavy (non-hydrogen) atoms. The molecule has 2 aromatic rings. The third-order valence-electron chi connectivity index (χ3n) is 6.33. The van der Waals surface area contributed by atoms with Crippen molar-refractivity contribution in [1.82, 2.24) is 16.0 Å². The minimum Gasteiger partial charge on any atom is -0.468 e. The van der Waals surface area contributed by atoms with Crippen LogP contribution in [0.4, 0.5) is 9.59 Å². The molecule has 0 radical (unpaired) electrons.